The molecule has 2 aliphatic rings. The Bertz CT molecular complexity index is 437. The lowest BCUT2D eigenvalue weighted by molar-refractivity contribution is 0.387. The van der Waals surface area contributed by atoms with Crippen molar-refractivity contribution in [2.45, 2.75) is 51.5 Å². The van der Waals surface area contributed by atoms with Gasteiger partial charge in [-0.3, -0.25) is 0 Å². The molecule has 0 radical (unpaired) electrons. The summed E-state index contributed by atoms with van der Waals surface area (Å²) in [6.07, 6.45) is 7.97. The molecule has 1 atom stereocenters. The molecule has 1 aromatic rings. The summed E-state index contributed by atoms with van der Waals surface area (Å²) in [5.74, 6) is 0. The topological polar surface area (TPSA) is 12.0 Å². The van der Waals surface area contributed by atoms with Crippen LogP contribution in [0.1, 0.15) is 56.2 Å². The number of hydrogen-bond acceptors (Lipinski definition) is 1. The van der Waals surface area contributed by atoms with Crippen molar-refractivity contribution < 1.29 is 0 Å². The van der Waals surface area contributed by atoms with Crippen LogP contribution in [0.3, 0.4) is 0 Å². The smallest absolute Gasteiger partial charge is 0.0408 e. The molecule has 0 saturated heterocycles. The lowest BCUT2D eigenvalue weighted by Crippen LogP contribution is -2.27. The fraction of sp³-hybridized carbons (Fsp3) is 0.625. The summed E-state index contributed by atoms with van der Waals surface area (Å²) >= 11 is 6.05. The van der Waals surface area contributed by atoms with E-state index >= 15 is 0 Å². The zero-order chi connectivity index (χ0) is 12.6. The Morgan fingerprint density at radius 1 is 1.39 bits per heavy atom. The molecule has 1 N–H and O–H groups in total. The van der Waals surface area contributed by atoms with Crippen molar-refractivity contribution in [1.82, 2.24) is 5.32 Å². The van der Waals surface area contributed by atoms with E-state index in [1.165, 1.54) is 56.2 Å². The van der Waals surface area contributed by atoms with E-state index in [1.54, 1.807) is 0 Å². The first-order chi connectivity index (χ1) is 8.72. The second-order valence-corrected chi connectivity index (χ2v) is 6.50. The Morgan fingerprint density at radius 3 is 2.94 bits per heavy atom. The molecule has 98 valence electrons. The van der Waals surface area contributed by atoms with Crippen LogP contribution in [0.5, 0.6) is 0 Å². The third kappa shape index (κ3) is 2.44. The molecule has 2 heteroatoms. The van der Waals surface area contributed by atoms with Crippen LogP contribution < -0.4 is 5.32 Å². The maximum atomic E-state index is 6.05. The predicted octanol–water partition coefficient (Wildman–Crippen LogP) is 4.50. The largest absolute Gasteiger partial charge is 0.309 e. The molecule has 1 unspecified atom stereocenters. The van der Waals surface area contributed by atoms with Gasteiger partial charge in [-0.25, -0.2) is 0 Å². The van der Waals surface area contributed by atoms with Crippen LogP contribution in [0.2, 0.25) is 5.02 Å². The van der Waals surface area contributed by atoms with E-state index in [9.17, 15) is 0 Å². The summed E-state index contributed by atoms with van der Waals surface area (Å²) in [6.45, 7) is 3.50. The average molecular weight is 264 g/mol. The summed E-state index contributed by atoms with van der Waals surface area (Å²) in [7, 11) is 0. The van der Waals surface area contributed by atoms with E-state index in [0.29, 0.717) is 11.5 Å². The van der Waals surface area contributed by atoms with Crippen molar-refractivity contribution >= 4 is 11.6 Å². The van der Waals surface area contributed by atoms with Gasteiger partial charge in [-0.1, -0.05) is 31.0 Å². The summed E-state index contributed by atoms with van der Waals surface area (Å²) in [5.41, 5.74) is 3.57. The Kier molecular flexibility index (Phi) is 3.38. The van der Waals surface area contributed by atoms with Crippen molar-refractivity contribution in [2.24, 2.45) is 5.41 Å². The van der Waals surface area contributed by atoms with Crippen LogP contribution >= 0.6 is 11.6 Å². The minimum atomic E-state index is 0.562. The number of aryl methyl sites for hydroxylation is 1. The van der Waals surface area contributed by atoms with Crippen LogP contribution in [0.25, 0.3) is 0 Å². The van der Waals surface area contributed by atoms with E-state index in [-0.39, 0.29) is 0 Å². The van der Waals surface area contributed by atoms with Gasteiger partial charge >= 0.3 is 0 Å². The highest BCUT2D eigenvalue weighted by Crippen LogP contribution is 2.49. The SMILES string of the molecule is CCCC1(CNC2CCc3cc(Cl)ccc32)CC1. The molecule has 3 rings (SSSR count). The molecule has 0 aliphatic heterocycles. The maximum Gasteiger partial charge on any atom is 0.0408 e. The first-order valence-corrected chi connectivity index (χ1v) is 7.62. The fourth-order valence-electron chi connectivity index (χ4n) is 3.36. The third-order valence-corrected chi connectivity index (χ3v) is 4.88. The van der Waals surface area contributed by atoms with Crippen LogP contribution in [0.4, 0.5) is 0 Å². The minimum absolute atomic E-state index is 0.562. The predicted molar refractivity (Wildman–Crippen MR) is 77.1 cm³/mol. The lowest BCUT2D eigenvalue weighted by atomic mass is 9.99. The number of nitrogens with one attached hydrogen (secondary N) is 1. The Balaban J connectivity index is 1.63. The fourth-order valence-corrected chi connectivity index (χ4v) is 3.55. The van der Waals surface area contributed by atoms with Gasteiger partial charge in [0.2, 0.25) is 0 Å². The Morgan fingerprint density at radius 2 is 2.22 bits per heavy atom. The Hall–Kier alpha value is -0.530. The molecule has 1 aromatic carbocycles. The van der Waals surface area contributed by atoms with E-state index in [1.807, 2.05) is 6.07 Å². The quantitative estimate of drug-likeness (QED) is 0.825. The van der Waals surface area contributed by atoms with Gasteiger partial charge in [0.15, 0.2) is 0 Å². The summed E-state index contributed by atoms with van der Waals surface area (Å²) in [4.78, 5) is 0. The van der Waals surface area contributed by atoms with Gasteiger partial charge in [-0.05, 0) is 60.8 Å². The molecule has 1 saturated carbocycles. The first-order valence-electron chi connectivity index (χ1n) is 7.24. The standard InChI is InChI=1S/C16H22ClN/c1-2-7-16(8-9-16)11-18-15-6-3-12-10-13(17)4-5-14(12)15/h4-5,10,15,18H,2-3,6-9,11H2,1H3. The number of rotatable bonds is 5. The van der Waals surface area contributed by atoms with Crippen molar-refractivity contribution in [3.8, 4) is 0 Å². The van der Waals surface area contributed by atoms with E-state index in [4.69, 9.17) is 11.6 Å². The Labute approximate surface area is 115 Å². The van der Waals surface area contributed by atoms with Crippen LogP contribution in [0.15, 0.2) is 18.2 Å². The molecule has 18 heavy (non-hydrogen) atoms. The maximum absolute atomic E-state index is 6.05. The van der Waals surface area contributed by atoms with Gasteiger partial charge in [-0.15, -0.1) is 0 Å². The second kappa shape index (κ2) is 4.86. The minimum Gasteiger partial charge on any atom is -0.309 e. The molecule has 1 nitrogen and oxygen atoms in total. The highest BCUT2D eigenvalue weighted by atomic mass is 35.5. The van der Waals surface area contributed by atoms with Crippen LogP contribution in [-0.2, 0) is 6.42 Å². The highest BCUT2D eigenvalue weighted by molar-refractivity contribution is 6.30. The normalized spacial score (nSPS) is 24.0. The van der Waals surface area contributed by atoms with Gasteiger partial charge in [0.25, 0.3) is 0 Å². The number of halogens is 1. The van der Waals surface area contributed by atoms with Gasteiger partial charge in [0.05, 0.1) is 0 Å². The second-order valence-electron chi connectivity index (χ2n) is 6.07. The van der Waals surface area contributed by atoms with Crippen molar-refractivity contribution in [3.05, 3.63) is 34.3 Å². The lowest BCUT2D eigenvalue weighted by Gasteiger charge is -2.20. The van der Waals surface area contributed by atoms with Gasteiger partial charge < -0.3 is 5.32 Å². The summed E-state index contributed by atoms with van der Waals surface area (Å²) < 4.78 is 0. The first kappa shape index (κ1) is 12.5. The highest BCUT2D eigenvalue weighted by Gasteiger charge is 2.41. The number of hydrogen-bond donors (Lipinski definition) is 1. The van der Waals surface area contributed by atoms with Crippen molar-refractivity contribution in [1.29, 1.82) is 0 Å². The molecule has 0 amide bonds. The van der Waals surface area contributed by atoms with Crippen LogP contribution in [0, 0.1) is 5.41 Å². The molecule has 0 heterocycles. The van der Waals surface area contributed by atoms with Gasteiger partial charge in [0.1, 0.15) is 0 Å². The van der Waals surface area contributed by atoms with Crippen molar-refractivity contribution in [3.63, 3.8) is 0 Å². The summed E-state index contributed by atoms with van der Waals surface area (Å²) in [6, 6.07) is 6.94. The zero-order valence-electron chi connectivity index (χ0n) is 11.1. The molecule has 0 spiro atoms. The van der Waals surface area contributed by atoms with Gasteiger partial charge in [0, 0.05) is 17.6 Å². The third-order valence-electron chi connectivity index (χ3n) is 4.64. The summed E-state index contributed by atoms with van der Waals surface area (Å²) in [5, 5.41) is 4.68. The molecule has 2 aliphatic carbocycles. The van der Waals surface area contributed by atoms with Crippen LogP contribution in [-0.4, -0.2) is 6.54 Å². The van der Waals surface area contributed by atoms with Gasteiger partial charge in [-0.2, -0.15) is 0 Å². The number of benzene rings is 1. The molecule has 1 fully saturated rings. The molecule has 0 aromatic heterocycles. The van der Waals surface area contributed by atoms with E-state index < -0.39 is 0 Å². The van der Waals surface area contributed by atoms with E-state index in [0.717, 1.165) is 5.02 Å². The monoisotopic (exact) mass is 263 g/mol. The van der Waals surface area contributed by atoms with E-state index in [2.05, 4.69) is 24.4 Å². The molecule has 0 bridgehead atoms. The number of fused-ring (bicyclic) bond motifs is 1. The molecular weight excluding hydrogens is 242 g/mol. The molecular formula is C16H22ClN. The zero-order valence-corrected chi connectivity index (χ0v) is 11.9. The van der Waals surface area contributed by atoms with Crippen molar-refractivity contribution in [2.75, 3.05) is 6.54 Å². The average Bonchev–Trinajstić information content (AvgIpc) is 3.00.